The molecule has 0 spiro atoms. The van der Waals surface area contributed by atoms with E-state index in [-0.39, 0.29) is 0 Å². The molecule has 0 radical (unpaired) electrons. The highest BCUT2D eigenvalue weighted by atomic mass is 15.0. The largest absolute Gasteiger partial charge is 0.350 e. The van der Waals surface area contributed by atoms with E-state index in [1.165, 1.54) is 29.3 Å². The zero-order valence-electron chi connectivity index (χ0n) is 13.1. The fourth-order valence-electron chi connectivity index (χ4n) is 3.40. The summed E-state index contributed by atoms with van der Waals surface area (Å²) in [6.07, 6.45) is 5.05. The van der Waals surface area contributed by atoms with Gasteiger partial charge in [0.15, 0.2) is 0 Å². The van der Waals surface area contributed by atoms with E-state index in [2.05, 4.69) is 68.2 Å². The van der Waals surface area contributed by atoms with Gasteiger partial charge in [-0.3, -0.25) is 0 Å². The zero-order chi connectivity index (χ0) is 14.3. The average molecular weight is 270 g/mol. The van der Waals surface area contributed by atoms with Crippen LogP contribution >= 0.6 is 0 Å². The number of para-hydroxylation sites is 1. The van der Waals surface area contributed by atoms with Crippen molar-refractivity contribution < 1.29 is 0 Å². The Morgan fingerprint density at radius 2 is 1.95 bits per heavy atom. The summed E-state index contributed by atoms with van der Waals surface area (Å²) in [4.78, 5) is 0. The first-order valence-corrected chi connectivity index (χ1v) is 7.73. The van der Waals surface area contributed by atoms with Crippen molar-refractivity contribution in [3.8, 4) is 0 Å². The van der Waals surface area contributed by atoms with Crippen molar-refractivity contribution in [3.05, 3.63) is 36.0 Å². The van der Waals surface area contributed by atoms with Crippen LogP contribution in [0.1, 0.15) is 39.2 Å². The SMILES string of the molecule is Cn1cc(CNC(C2CC2)C(C)(C)C)c2ccccc21. The molecule has 0 aliphatic heterocycles. The minimum atomic E-state index is 0.339. The molecule has 3 rings (SSSR count). The molecule has 108 valence electrons. The number of benzene rings is 1. The summed E-state index contributed by atoms with van der Waals surface area (Å²) in [5.74, 6) is 0.880. The first-order chi connectivity index (χ1) is 9.47. The number of hydrogen-bond acceptors (Lipinski definition) is 1. The van der Waals surface area contributed by atoms with Crippen LogP contribution in [-0.4, -0.2) is 10.6 Å². The summed E-state index contributed by atoms with van der Waals surface area (Å²) in [6, 6.07) is 9.30. The number of aryl methyl sites for hydroxylation is 1. The molecule has 1 N–H and O–H groups in total. The Kier molecular flexibility index (Phi) is 3.37. The predicted molar refractivity (Wildman–Crippen MR) is 85.7 cm³/mol. The van der Waals surface area contributed by atoms with Gasteiger partial charge in [-0.25, -0.2) is 0 Å². The van der Waals surface area contributed by atoms with E-state index in [4.69, 9.17) is 0 Å². The fourth-order valence-corrected chi connectivity index (χ4v) is 3.40. The molecule has 2 aromatic rings. The van der Waals surface area contributed by atoms with Crippen LogP contribution in [0.2, 0.25) is 0 Å². The molecule has 1 saturated carbocycles. The molecule has 1 aromatic carbocycles. The van der Waals surface area contributed by atoms with Gasteiger partial charge in [0, 0.05) is 36.7 Å². The van der Waals surface area contributed by atoms with Crippen LogP contribution in [0.5, 0.6) is 0 Å². The molecule has 0 bridgehead atoms. The van der Waals surface area contributed by atoms with E-state index < -0.39 is 0 Å². The topological polar surface area (TPSA) is 17.0 Å². The smallest absolute Gasteiger partial charge is 0.0481 e. The van der Waals surface area contributed by atoms with Crippen molar-refractivity contribution in [1.29, 1.82) is 0 Å². The molecule has 20 heavy (non-hydrogen) atoms. The molecule has 1 unspecified atom stereocenters. The van der Waals surface area contributed by atoms with E-state index in [9.17, 15) is 0 Å². The number of nitrogens with one attached hydrogen (secondary N) is 1. The van der Waals surface area contributed by atoms with Gasteiger partial charge >= 0.3 is 0 Å². The van der Waals surface area contributed by atoms with Crippen molar-refractivity contribution in [2.24, 2.45) is 18.4 Å². The summed E-state index contributed by atoms with van der Waals surface area (Å²) >= 11 is 0. The van der Waals surface area contributed by atoms with Gasteiger partial charge < -0.3 is 9.88 Å². The van der Waals surface area contributed by atoms with Crippen molar-refractivity contribution >= 4 is 10.9 Å². The summed E-state index contributed by atoms with van der Waals surface area (Å²) in [6.45, 7) is 8.03. The highest BCUT2D eigenvalue weighted by Crippen LogP contribution is 2.40. The third kappa shape index (κ3) is 2.62. The number of nitrogens with zero attached hydrogens (tertiary/aromatic N) is 1. The third-order valence-electron chi connectivity index (χ3n) is 4.52. The lowest BCUT2D eigenvalue weighted by Crippen LogP contribution is -2.41. The quantitative estimate of drug-likeness (QED) is 0.885. The molecule has 0 saturated heterocycles. The number of rotatable bonds is 4. The monoisotopic (exact) mass is 270 g/mol. The number of hydrogen-bond donors (Lipinski definition) is 1. The van der Waals surface area contributed by atoms with Gasteiger partial charge in [0.2, 0.25) is 0 Å². The van der Waals surface area contributed by atoms with Gasteiger partial charge in [-0.05, 0) is 35.8 Å². The second-order valence-electron chi connectivity index (χ2n) is 7.34. The Bertz CT molecular complexity index is 599. The Morgan fingerprint density at radius 1 is 1.25 bits per heavy atom. The maximum absolute atomic E-state index is 3.83. The van der Waals surface area contributed by atoms with Gasteiger partial charge in [0.25, 0.3) is 0 Å². The van der Waals surface area contributed by atoms with Crippen LogP contribution in [-0.2, 0) is 13.6 Å². The lowest BCUT2D eigenvalue weighted by atomic mass is 9.83. The lowest BCUT2D eigenvalue weighted by molar-refractivity contribution is 0.240. The highest BCUT2D eigenvalue weighted by molar-refractivity contribution is 5.83. The lowest BCUT2D eigenvalue weighted by Gasteiger charge is -2.32. The molecular weight excluding hydrogens is 244 g/mol. The number of fused-ring (bicyclic) bond motifs is 1. The fraction of sp³-hybridized carbons (Fsp3) is 0.556. The Balaban J connectivity index is 1.79. The summed E-state index contributed by atoms with van der Waals surface area (Å²) in [5.41, 5.74) is 3.08. The van der Waals surface area contributed by atoms with Crippen molar-refractivity contribution in [2.75, 3.05) is 0 Å². The predicted octanol–water partition coefficient (Wildman–Crippen LogP) is 4.09. The minimum Gasteiger partial charge on any atom is -0.350 e. The van der Waals surface area contributed by atoms with E-state index >= 15 is 0 Å². The summed E-state index contributed by atoms with van der Waals surface area (Å²) in [5, 5.41) is 5.21. The van der Waals surface area contributed by atoms with E-state index in [0.717, 1.165) is 12.5 Å². The van der Waals surface area contributed by atoms with Crippen LogP contribution in [0.3, 0.4) is 0 Å². The van der Waals surface area contributed by atoms with E-state index in [1.807, 2.05) is 0 Å². The number of aromatic nitrogens is 1. The van der Waals surface area contributed by atoms with Crippen molar-refractivity contribution in [1.82, 2.24) is 9.88 Å². The standard InChI is InChI=1S/C18H26N2/c1-18(2,3)17(13-9-10-13)19-11-14-12-20(4)16-8-6-5-7-15(14)16/h5-8,12-13,17,19H,9-11H2,1-4H3. The highest BCUT2D eigenvalue weighted by Gasteiger charge is 2.38. The second kappa shape index (κ2) is 4.92. The van der Waals surface area contributed by atoms with Crippen molar-refractivity contribution in [3.63, 3.8) is 0 Å². The summed E-state index contributed by atoms with van der Waals surface area (Å²) in [7, 11) is 2.13. The minimum absolute atomic E-state index is 0.339. The Morgan fingerprint density at radius 3 is 2.60 bits per heavy atom. The summed E-state index contributed by atoms with van der Waals surface area (Å²) < 4.78 is 2.23. The first kappa shape index (κ1) is 13.7. The van der Waals surface area contributed by atoms with Gasteiger partial charge in [0.05, 0.1) is 0 Å². The molecule has 2 nitrogen and oxygen atoms in total. The average Bonchev–Trinajstić information content (AvgIpc) is 3.15. The molecule has 1 heterocycles. The van der Waals surface area contributed by atoms with E-state index in [0.29, 0.717) is 11.5 Å². The van der Waals surface area contributed by atoms with E-state index in [1.54, 1.807) is 0 Å². The molecule has 2 heteroatoms. The molecule has 1 fully saturated rings. The third-order valence-corrected chi connectivity index (χ3v) is 4.52. The molecule has 0 amide bonds. The second-order valence-corrected chi connectivity index (χ2v) is 7.34. The molecule has 1 aliphatic carbocycles. The molecule has 1 aromatic heterocycles. The normalized spacial score (nSPS) is 17.6. The van der Waals surface area contributed by atoms with Crippen LogP contribution < -0.4 is 5.32 Å². The molecular formula is C18H26N2. The molecule has 1 aliphatic rings. The Hall–Kier alpha value is -1.28. The molecule has 1 atom stereocenters. The van der Waals surface area contributed by atoms with Gasteiger partial charge in [-0.15, -0.1) is 0 Å². The van der Waals surface area contributed by atoms with Crippen LogP contribution in [0.25, 0.3) is 10.9 Å². The van der Waals surface area contributed by atoms with Crippen LogP contribution in [0.15, 0.2) is 30.5 Å². The first-order valence-electron chi connectivity index (χ1n) is 7.73. The van der Waals surface area contributed by atoms with Crippen LogP contribution in [0.4, 0.5) is 0 Å². The van der Waals surface area contributed by atoms with Crippen molar-refractivity contribution in [2.45, 2.75) is 46.2 Å². The Labute approximate surface area is 122 Å². The maximum atomic E-state index is 3.83. The van der Waals surface area contributed by atoms with Gasteiger partial charge in [-0.1, -0.05) is 39.0 Å². The van der Waals surface area contributed by atoms with Gasteiger partial charge in [0.1, 0.15) is 0 Å². The van der Waals surface area contributed by atoms with Gasteiger partial charge in [-0.2, -0.15) is 0 Å². The zero-order valence-corrected chi connectivity index (χ0v) is 13.1. The van der Waals surface area contributed by atoms with Crippen LogP contribution in [0, 0.1) is 11.3 Å². The maximum Gasteiger partial charge on any atom is 0.0481 e.